The van der Waals surface area contributed by atoms with Gasteiger partial charge < -0.3 is 10.5 Å². The normalized spacial score (nSPS) is 11.9. The lowest BCUT2D eigenvalue weighted by Gasteiger charge is -2.10. The van der Waals surface area contributed by atoms with Crippen molar-refractivity contribution >= 4 is 5.69 Å². The lowest BCUT2D eigenvalue weighted by Crippen LogP contribution is -2.04. The number of rotatable bonds is 4. The molecule has 2 aromatic rings. The van der Waals surface area contributed by atoms with Gasteiger partial charge in [-0.3, -0.25) is 10.1 Å². The fourth-order valence-corrected chi connectivity index (χ4v) is 1.83. The number of nitro groups is 1. The van der Waals surface area contributed by atoms with Crippen molar-refractivity contribution in [3.8, 4) is 11.5 Å². The topological polar surface area (TPSA) is 78.4 Å². The molecular formula is C15H16N2O3. The molecule has 0 saturated heterocycles. The molecule has 1 atom stereocenters. The van der Waals surface area contributed by atoms with Crippen LogP contribution in [0.2, 0.25) is 0 Å². The second-order valence-corrected chi connectivity index (χ2v) is 4.67. The summed E-state index contributed by atoms with van der Waals surface area (Å²) >= 11 is 0. The molecule has 2 rings (SSSR count). The zero-order chi connectivity index (χ0) is 14.7. The Morgan fingerprint density at radius 3 is 2.35 bits per heavy atom. The number of hydrogen-bond acceptors (Lipinski definition) is 4. The predicted octanol–water partition coefficient (Wildman–Crippen LogP) is 3.72. The van der Waals surface area contributed by atoms with Crippen LogP contribution in [0.1, 0.15) is 24.1 Å². The summed E-state index contributed by atoms with van der Waals surface area (Å²) in [5.74, 6) is 1.27. The van der Waals surface area contributed by atoms with Crippen molar-refractivity contribution in [2.45, 2.75) is 19.9 Å². The molecule has 0 aliphatic carbocycles. The first-order valence-electron chi connectivity index (χ1n) is 6.26. The summed E-state index contributed by atoms with van der Waals surface area (Å²) < 4.78 is 5.72. The van der Waals surface area contributed by atoms with E-state index in [-0.39, 0.29) is 11.7 Å². The molecular weight excluding hydrogens is 256 g/mol. The van der Waals surface area contributed by atoms with Crippen molar-refractivity contribution in [2.75, 3.05) is 0 Å². The van der Waals surface area contributed by atoms with Gasteiger partial charge in [0.1, 0.15) is 11.5 Å². The van der Waals surface area contributed by atoms with Gasteiger partial charge in [-0.1, -0.05) is 12.1 Å². The average molecular weight is 272 g/mol. The molecule has 0 amide bonds. The van der Waals surface area contributed by atoms with Crippen molar-refractivity contribution in [2.24, 2.45) is 5.73 Å². The van der Waals surface area contributed by atoms with Gasteiger partial charge in [-0.05, 0) is 43.2 Å². The van der Waals surface area contributed by atoms with Gasteiger partial charge in [0.2, 0.25) is 0 Å². The van der Waals surface area contributed by atoms with E-state index in [0.29, 0.717) is 11.5 Å². The van der Waals surface area contributed by atoms with Gasteiger partial charge in [0.25, 0.3) is 5.69 Å². The largest absolute Gasteiger partial charge is 0.457 e. The van der Waals surface area contributed by atoms with Gasteiger partial charge >= 0.3 is 0 Å². The predicted molar refractivity (Wildman–Crippen MR) is 77.0 cm³/mol. The van der Waals surface area contributed by atoms with E-state index in [1.54, 1.807) is 13.0 Å². The highest BCUT2D eigenvalue weighted by atomic mass is 16.6. The van der Waals surface area contributed by atoms with Gasteiger partial charge in [0.15, 0.2) is 0 Å². The van der Waals surface area contributed by atoms with E-state index in [0.717, 1.165) is 11.1 Å². The van der Waals surface area contributed by atoms with Crippen LogP contribution in [-0.2, 0) is 0 Å². The molecule has 5 heteroatoms. The third-order valence-electron chi connectivity index (χ3n) is 3.00. The van der Waals surface area contributed by atoms with Crippen LogP contribution >= 0.6 is 0 Å². The highest BCUT2D eigenvalue weighted by molar-refractivity contribution is 5.45. The second kappa shape index (κ2) is 5.71. The number of benzene rings is 2. The minimum absolute atomic E-state index is 0.0230. The first-order valence-corrected chi connectivity index (χ1v) is 6.26. The number of aryl methyl sites for hydroxylation is 1. The van der Waals surface area contributed by atoms with Crippen LogP contribution in [0.15, 0.2) is 42.5 Å². The minimum Gasteiger partial charge on any atom is -0.457 e. The Balaban J connectivity index is 2.19. The van der Waals surface area contributed by atoms with E-state index >= 15 is 0 Å². The Morgan fingerprint density at radius 1 is 1.20 bits per heavy atom. The van der Waals surface area contributed by atoms with E-state index < -0.39 is 4.92 Å². The Labute approximate surface area is 117 Å². The second-order valence-electron chi connectivity index (χ2n) is 4.67. The van der Waals surface area contributed by atoms with Gasteiger partial charge in [-0.25, -0.2) is 0 Å². The van der Waals surface area contributed by atoms with Crippen molar-refractivity contribution in [1.82, 2.24) is 0 Å². The summed E-state index contributed by atoms with van der Waals surface area (Å²) in [6.07, 6.45) is 0. The first kappa shape index (κ1) is 14.0. The summed E-state index contributed by atoms with van der Waals surface area (Å²) in [5, 5.41) is 10.7. The quantitative estimate of drug-likeness (QED) is 0.679. The molecule has 0 aliphatic heterocycles. The monoisotopic (exact) mass is 272 g/mol. The van der Waals surface area contributed by atoms with E-state index in [2.05, 4.69) is 0 Å². The molecule has 0 heterocycles. The van der Waals surface area contributed by atoms with E-state index in [4.69, 9.17) is 10.5 Å². The Morgan fingerprint density at radius 2 is 1.85 bits per heavy atom. The van der Waals surface area contributed by atoms with Gasteiger partial charge in [0, 0.05) is 18.2 Å². The first-order chi connectivity index (χ1) is 9.47. The maximum Gasteiger partial charge on any atom is 0.269 e. The molecule has 5 nitrogen and oxygen atoms in total. The smallest absolute Gasteiger partial charge is 0.269 e. The average Bonchev–Trinajstić information content (AvgIpc) is 2.41. The molecule has 0 bridgehead atoms. The van der Waals surface area contributed by atoms with Crippen LogP contribution < -0.4 is 10.5 Å². The zero-order valence-electron chi connectivity index (χ0n) is 11.4. The number of hydrogen-bond donors (Lipinski definition) is 1. The molecule has 0 fully saturated rings. The molecule has 0 aliphatic rings. The Bertz CT molecular complexity index is 622. The maximum atomic E-state index is 10.7. The fraction of sp³-hybridized carbons (Fsp3) is 0.200. The maximum absolute atomic E-state index is 10.7. The fourth-order valence-electron chi connectivity index (χ4n) is 1.83. The highest BCUT2D eigenvalue weighted by Gasteiger charge is 2.09. The summed E-state index contributed by atoms with van der Waals surface area (Å²) in [7, 11) is 0. The van der Waals surface area contributed by atoms with Crippen molar-refractivity contribution in [3.05, 3.63) is 63.7 Å². The number of nitrogens with zero attached hydrogens (tertiary/aromatic N) is 1. The lowest BCUT2D eigenvalue weighted by molar-refractivity contribution is -0.384. The van der Waals surface area contributed by atoms with Gasteiger partial charge in [0.05, 0.1) is 4.92 Å². The Hall–Kier alpha value is -2.40. The number of nitrogens with two attached hydrogens (primary N) is 1. The van der Waals surface area contributed by atoms with E-state index in [1.165, 1.54) is 12.1 Å². The number of nitro benzene ring substituents is 1. The standard InChI is InChI=1S/C15H16N2O3/c1-10-9-13(17(18)19)5-8-15(10)20-14-6-3-12(4-7-14)11(2)16/h3-9,11H,16H2,1-2H3/t11-/m1/s1. The molecule has 0 aromatic heterocycles. The van der Waals surface area contributed by atoms with E-state index in [1.807, 2.05) is 31.2 Å². The summed E-state index contributed by atoms with van der Waals surface area (Å²) in [4.78, 5) is 10.3. The molecule has 0 unspecified atom stereocenters. The summed E-state index contributed by atoms with van der Waals surface area (Å²) in [6.45, 7) is 3.69. The lowest BCUT2D eigenvalue weighted by atomic mass is 10.1. The van der Waals surface area contributed by atoms with Gasteiger partial charge in [-0.2, -0.15) is 0 Å². The van der Waals surface area contributed by atoms with Crippen LogP contribution in [0, 0.1) is 17.0 Å². The molecule has 0 spiro atoms. The Kier molecular flexibility index (Phi) is 4.00. The molecule has 104 valence electrons. The van der Waals surface area contributed by atoms with Crippen LogP contribution in [0.3, 0.4) is 0 Å². The summed E-state index contributed by atoms with van der Waals surface area (Å²) in [6, 6.07) is 12.0. The van der Waals surface area contributed by atoms with E-state index in [9.17, 15) is 10.1 Å². The molecule has 20 heavy (non-hydrogen) atoms. The van der Waals surface area contributed by atoms with Crippen LogP contribution in [0.25, 0.3) is 0 Å². The van der Waals surface area contributed by atoms with Crippen molar-refractivity contribution in [1.29, 1.82) is 0 Å². The van der Waals surface area contributed by atoms with Crippen LogP contribution in [0.5, 0.6) is 11.5 Å². The summed E-state index contributed by atoms with van der Waals surface area (Å²) in [5.41, 5.74) is 7.58. The molecule has 0 radical (unpaired) electrons. The molecule has 2 aromatic carbocycles. The van der Waals surface area contributed by atoms with Crippen LogP contribution in [0.4, 0.5) is 5.69 Å². The third-order valence-corrected chi connectivity index (χ3v) is 3.00. The van der Waals surface area contributed by atoms with Crippen molar-refractivity contribution < 1.29 is 9.66 Å². The zero-order valence-corrected chi connectivity index (χ0v) is 11.4. The SMILES string of the molecule is Cc1cc([N+](=O)[O-])ccc1Oc1ccc([C@@H](C)N)cc1. The van der Waals surface area contributed by atoms with Crippen LogP contribution in [-0.4, -0.2) is 4.92 Å². The van der Waals surface area contributed by atoms with Crippen molar-refractivity contribution in [3.63, 3.8) is 0 Å². The number of ether oxygens (including phenoxy) is 1. The minimum atomic E-state index is -0.422. The molecule has 2 N–H and O–H groups in total. The molecule has 0 saturated carbocycles. The highest BCUT2D eigenvalue weighted by Crippen LogP contribution is 2.28. The third kappa shape index (κ3) is 3.13. The number of non-ortho nitro benzene ring substituents is 1. The van der Waals surface area contributed by atoms with Gasteiger partial charge in [-0.15, -0.1) is 0 Å².